The van der Waals surface area contributed by atoms with Gasteiger partial charge in [-0.2, -0.15) is 0 Å². The topological polar surface area (TPSA) is 29.1 Å². The van der Waals surface area contributed by atoms with E-state index in [2.05, 4.69) is 19.2 Å². The summed E-state index contributed by atoms with van der Waals surface area (Å²) in [5.41, 5.74) is 0. The molecular formula is C15H31NO. The van der Waals surface area contributed by atoms with Gasteiger partial charge in [0.1, 0.15) is 0 Å². The van der Waals surface area contributed by atoms with Crippen LogP contribution < -0.4 is 5.32 Å². The zero-order valence-corrected chi connectivity index (χ0v) is 12.1. The van der Waals surface area contributed by atoms with Crippen molar-refractivity contribution in [3.63, 3.8) is 0 Å². The third-order valence-corrected chi connectivity index (χ3v) is 3.39. The van der Waals surface area contributed by atoms with Crippen molar-refractivity contribution in [1.29, 1.82) is 0 Å². The van der Waals surface area contributed by atoms with Crippen LogP contribution in [0, 0.1) is 5.92 Å². The van der Waals surface area contributed by atoms with Crippen LogP contribution in [0.4, 0.5) is 0 Å². The second-order valence-electron chi connectivity index (χ2n) is 5.08. The molecule has 1 N–H and O–H groups in total. The highest BCUT2D eigenvalue weighted by Crippen LogP contribution is 2.08. The van der Waals surface area contributed by atoms with Gasteiger partial charge in [-0.3, -0.25) is 4.79 Å². The molecule has 0 fully saturated rings. The van der Waals surface area contributed by atoms with Gasteiger partial charge in [-0.05, 0) is 12.8 Å². The minimum atomic E-state index is 0.170. The van der Waals surface area contributed by atoms with Gasteiger partial charge in [0.15, 0.2) is 0 Å². The Bertz CT molecular complexity index is 180. The van der Waals surface area contributed by atoms with E-state index < -0.39 is 0 Å². The average molecular weight is 241 g/mol. The Kier molecular flexibility index (Phi) is 11.6. The molecule has 0 aliphatic carbocycles. The maximum Gasteiger partial charge on any atom is 0.222 e. The summed E-state index contributed by atoms with van der Waals surface area (Å²) < 4.78 is 0. The van der Waals surface area contributed by atoms with E-state index in [-0.39, 0.29) is 11.8 Å². The van der Waals surface area contributed by atoms with Crippen LogP contribution in [0.1, 0.15) is 78.6 Å². The van der Waals surface area contributed by atoms with Gasteiger partial charge in [0, 0.05) is 12.5 Å². The number of hydrogen-bond acceptors (Lipinski definition) is 1. The van der Waals surface area contributed by atoms with Gasteiger partial charge in [-0.15, -0.1) is 0 Å². The lowest BCUT2D eigenvalue weighted by Crippen LogP contribution is -2.29. The van der Waals surface area contributed by atoms with Crippen LogP contribution in [0.5, 0.6) is 0 Å². The van der Waals surface area contributed by atoms with Crippen LogP contribution in [0.15, 0.2) is 0 Å². The number of rotatable bonds is 11. The van der Waals surface area contributed by atoms with Crippen LogP contribution in [0.3, 0.4) is 0 Å². The minimum Gasteiger partial charge on any atom is -0.356 e. The van der Waals surface area contributed by atoms with Crippen molar-refractivity contribution in [2.45, 2.75) is 78.6 Å². The van der Waals surface area contributed by atoms with Crippen molar-refractivity contribution in [2.24, 2.45) is 5.92 Å². The summed E-state index contributed by atoms with van der Waals surface area (Å²) in [5.74, 6) is 0.388. The van der Waals surface area contributed by atoms with Gasteiger partial charge >= 0.3 is 0 Å². The number of hydrogen-bond donors (Lipinski definition) is 1. The molecule has 1 atom stereocenters. The molecule has 2 nitrogen and oxygen atoms in total. The standard InChI is InChI=1S/C15H31NO/c1-4-6-7-8-9-10-11-12-13-16-15(17)14(3)5-2/h14H,4-13H2,1-3H3,(H,16,17)/t14-/m0/s1. The number of unbranched alkanes of at least 4 members (excludes halogenated alkanes) is 7. The molecule has 0 spiro atoms. The first-order valence-corrected chi connectivity index (χ1v) is 7.50. The molecule has 0 aromatic carbocycles. The van der Waals surface area contributed by atoms with Crippen molar-refractivity contribution < 1.29 is 4.79 Å². The van der Waals surface area contributed by atoms with E-state index in [4.69, 9.17) is 0 Å². The molecular weight excluding hydrogens is 210 g/mol. The molecule has 0 aliphatic heterocycles. The van der Waals surface area contributed by atoms with Gasteiger partial charge in [-0.1, -0.05) is 65.7 Å². The number of amides is 1. The van der Waals surface area contributed by atoms with Gasteiger partial charge in [-0.25, -0.2) is 0 Å². The summed E-state index contributed by atoms with van der Waals surface area (Å²) in [4.78, 5) is 11.5. The van der Waals surface area contributed by atoms with Crippen molar-refractivity contribution >= 4 is 5.91 Å². The summed E-state index contributed by atoms with van der Waals surface area (Å²) in [7, 11) is 0. The van der Waals surface area contributed by atoms with Gasteiger partial charge in [0.2, 0.25) is 5.91 Å². The van der Waals surface area contributed by atoms with E-state index in [1.807, 2.05) is 6.92 Å². The predicted molar refractivity (Wildman–Crippen MR) is 75.1 cm³/mol. The smallest absolute Gasteiger partial charge is 0.222 e. The maximum absolute atomic E-state index is 11.5. The Morgan fingerprint density at radius 1 is 0.941 bits per heavy atom. The zero-order chi connectivity index (χ0) is 12.9. The molecule has 0 aromatic heterocycles. The molecule has 1 amide bonds. The molecule has 0 unspecified atom stereocenters. The van der Waals surface area contributed by atoms with Gasteiger partial charge in [0.05, 0.1) is 0 Å². The first kappa shape index (κ1) is 16.5. The van der Waals surface area contributed by atoms with Crippen LogP contribution >= 0.6 is 0 Å². The third kappa shape index (κ3) is 10.3. The highest BCUT2D eigenvalue weighted by atomic mass is 16.1. The highest BCUT2D eigenvalue weighted by Gasteiger charge is 2.08. The number of nitrogens with one attached hydrogen (secondary N) is 1. The van der Waals surface area contributed by atoms with Crippen molar-refractivity contribution in [3.8, 4) is 0 Å². The highest BCUT2D eigenvalue weighted by molar-refractivity contribution is 5.78. The minimum absolute atomic E-state index is 0.170. The second kappa shape index (κ2) is 11.9. The molecule has 0 saturated heterocycles. The van der Waals surface area contributed by atoms with Crippen LogP contribution in [0.25, 0.3) is 0 Å². The van der Waals surface area contributed by atoms with E-state index in [0.29, 0.717) is 0 Å². The van der Waals surface area contributed by atoms with E-state index in [9.17, 15) is 4.79 Å². The molecule has 0 radical (unpaired) electrons. The zero-order valence-electron chi connectivity index (χ0n) is 12.1. The fourth-order valence-electron chi connectivity index (χ4n) is 1.83. The average Bonchev–Trinajstić information content (AvgIpc) is 2.35. The Morgan fingerprint density at radius 2 is 1.47 bits per heavy atom. The lowest BCUT2D eigenvalue weighted by atomic mass is 10.1. The van der Waals surface area contributed by atoms with Crippen molar-refractivity contribution in [2.75, 3.05) is 6.54 Å². The molecule has 0 rings (SSSR count). The molecule has 102 valence electrons. The predicted octanol–water partition coefficient (Wildman–Crippen LogP) is 4.29. The lowest BCUT2D eigenvalue weighted by Gasteiger charge is -2.09. The SMILES string of the molecule is CCCCCCCCCCNC(=O)[C@@H](C)CC. The molecule has 0 heterocycles. The van der Waals surface area contributed by atoms with Crippen molar-refractivity contribution in [1.82, 2.24) is 5.32 Å². The quantitative estimate of drug-likeness (QED) is 0.537. The monoisotopic (exact) mass is 241 g/mol. The molecule has 0 aliphatic rings. The molecule has 0 saturated carbocycles. The third-order valence-electron chi connectivity index (χ3n) is 3.39. The van der Waals surface area contributed by atoms with Gasteiger partial charge < -0.3 is 5.32 Å². The van der Waals surface area contributed by atoms with Crippen molar-refractivity contribution in [3.05, 3.63) is 0 Å². The Morgan fingerprint density at radius 3 is 2.00 bits per heavy atom. The summed E-state index contributed by atoms with van der Waals surface area (Å²) in [6, 6.07) is 0. The largest absolute Gasteiger partial charge is 0.356 e. The fraction of sp³-hybridized carbons (Fsp3) is 0.933. The molecule has 0 bridgehead atoms. The van der Waals surface area contributed by atoms with Crippen LogP contribution in [-0.2, 0) is 4.79 Å². The summed E-state index contributed by atoms with van der Waals surface area (Å²) in [6.07, 6.45) is 11.5. The Balaban J connectivity index is 3.16. The van der Waals surface area contributed by atoms with E-state index >= 15 is 0 Å². The Hall–Kier alpha value is -0.530. The summed E-state index contributed by atoms with van der Waals surface area (Å²) >= 11 is 0. The van der Waals surface area contributed by atoms with E-state index in [0.717, 1.165) is 19.4 Å². The normalized spacial score (nSPS) is 12.4. The summed E-state index contributed by atoms with van der Waals surface area (Å²) in [6.45, 7) is 7.15. The van der Waals surface area contributed by atoms with Crippen LogP contribution in [0.2, 0.25) is 0 Å². The molecule has 17 heavy (non-hydrogen) atoms. The molecule has 2 heteroatoms. The van der Waals surface area contributed by atoms with Gasteiger partial charge in [0.25, 0.3) is 0 Å². The number of carbonyl (C=O) groups excluding carboxylic acids is 1. The first-order chi connectivity index (χ1) is 8.22. The maximum atomic E-state index is 11.5. The van der Waals surface area contributed by atoms with E-state index in [1.54, 1.807) is 0 Å². The lowest BCUT2D eigenvalue weighted by molar-refractivity contribution is -0.124. The Labute approximate surface area is 108 Å². The fourth-order valence-corrected chi connectivity index (χ4v) is 1.83. The number of carbonyl (C=O) groups is 1. The second-order valence-corrected chi connectivity index (χ2v) is 5.08. The van der Waals surface area contributed by atoms with E-state index in [1.165, 1.54) is 44.9 Å². The first-order valence-electron chi connectivity index (χ1n) is 7.50. The summed E-state index contributed by atoms with van der Waals surface area (Å²) in [5, 5.41) is 3.01. The van der Waals surface area contributed by atoms with Crippen LogP contribution in [-0.4, -0.2) is 12.5 Å². The molecule has 0 aromatic rings.